The number of rotatable bonds is 4. The fourth-order valence-electron chi connectivity index (χ4n) is 3.19. The number of carbonyl (C=O) groups is 1. The largest absolute Gasteiger partial charge is 0.478 e. The predicted molar refractivity (Wildman–Crippen MR) is 95.8 cm³/mol. The minimum atomic E-state index is -0.949. The van der Waals surface area contributed by atoms with E-state index in [0.717, 1.165) is 48.2 Å². The van der Waals surface area contributed by atoms with Crippen molar-refractivity contribution in [3.05, 3.63) is 42.2 Å². The number of hydrogen-bond acceptors (Lipinski definition) is 5. The molecule has 3 aromatic rings. The number of hydrogen-bond donors (Lipinski definition) is 4. The van der Waals surface area contributed by atoms with E-state index in [4.69, 9.17) is 0 Å². The molecule has 4 rings (SSSR count). The van der Waals surface area contributed by atoms with Gasteiger partial charge in [-0.2, -0.15) is 0 Å². The first kappa shape index (κ1) is 15.6. The molecule has 0 radical (unpaired) electrons. The third-order valence-electron chi connectivity index (χ3n) is 4.47. The highest BCUT2D eigenvalue weighted by Gasteiger charge is 2.15. The molecule has 1 atom stereocenters. The highest BCUT2D eigenvalue weighted by Crippen LogP contribution is 2.27. The molecule has 0 aliphatic carbocycles. The van der Waals surface area contributed by atoms with Crippen molar-refractivity contribution in [2.24, 2.45) is 0 Å². The lowest BCUT2D eigenvalue weighted by molar-refractivity contribution is 0.0697. The third-order valence-corrected chi connectivity index (χ3v) is 4.47. The first-order chi connectivity index (χ1) is 12.2. The molecule has 0 spiro atoms. The highest BCUT2D eigenvalue weighted by molar-refractivity contribution is 5.99. The van der Waals surface area contributed by atoms with Gasteiger partial charge >= 0.3 is 5.97 Å². The number of nitrogens with zero attached hydrogens (tertiary/aromatic N) is 2. The van der Waals surface area contributed by atoms with Gasteiger partial charge in [0, 0.05) is 41.4 Å². The molecule has 1 saturated heterocycles. The van der Waals surface area contributed by atoms with Crippen LogP contribution in [0.15, 0.2) is 36.7 Å². The molecule has 7 heteroatoms. The number of aromatic carboxylic acids is 1. The van der Waals surface area contributed by atoms with Gasteiger partial charge in [0.25, 0.3) is 0 Å². The molecule has 4 N–H and O–H groups in total. The van der Waals surface area contributed by atoms with Gasteiger partial charge in [0.2, 0.25) is 0 Å². The number of anilines is 1. The van der Waals surface area contributed by atoms with E-state index >= 15 is 0 Å². The van der Waals surface area contributed by atoms with Crippen LogP contribution in [0.25, 0.3) is 22.3 Å². The minimum absolute atomic E-state index is 0.246. The van der Waals surface area contributed by atoms with Crippen molar-refractivity contribution in [1.29, 1.82) is 0 Å². The summed E-state index contributed by atoms with van der Waals surface area (Å²) in [6.45, 7) is 1.99. The molecule has 0 unspecified atom stereocenters. The van der Waals surface area contributed by atoms with Crippen LogP contribution in [0.3, 0.4) is 0 Å². The van der Waals surface area contributed by atoms with Gasteiger partial charge in [-0.3, -0.25) is 0 Å². The number of benzene rings is 1. The number of H-pyrrole nitrogens is 1. The van der Waals surface area contributed by atoms with Gasteiger partial charge < -0.3 is 20.7 Å². The lowest BCUT2D eigenvalue weighted by Gasteiger charge is -2.24. The maximum Gasteiger partial charge on any atom is 0.335 e. The van der Waals surface area contributed by atoms with Crippen molar-refractivity contribution in [1.82, 2.24) is 20.3 Å². The smallest absolute Gasteiger partial charge is 0.335 e. The van der Waals surface area contributed by atoms with Crippen LogP contribution in [-0.2, 0) is 0 Å². The Bertz CT molecular complexity index is 915. The van der Waals surface area contributed by atoms with Crippen LogP contribution in [-0.4, -0.2) is 45.2 Å². The molecule has 2 aromatic heterocycles. The molecule has 1 aliphatic heterocycles. The second-order valence-electron chi connectivity index (χ2n) is 6.22. The van der Waals surface area contributed by atoms with E-state index in [1.165, 1.54) is 0 Å². The van der Waals surface area contributed by atoms with Gasteiger partial charge in [0.05, 0.1) is 5.56 Å². The van der Waals surface area contributed by atoms with Crippen LogP contribution in [0.4, 0.5) is 5.82 Å². The molecule has 7 nitrogen and oxygen atoms in total. The second kappa shape index (κ2) is 6.52. The van der Waals surface area contributed by atoms with Gasteiger partial charge in [0.15, 0.2) is 5.82 Å². The van der Waals surface area contributed by atoms with E-state index in [-0.39, 0.29) is 5.56 Å². The lowest BCUT2D eigenvalue weighted by atomic mass is 10.1. The van der Waals surface area contributed by atoms with Gasteiger partial charge in [-0.25, -0.2) is 14.8 Å². The topological polar surface area (TPSA) is 103 Å². The van der Waals surface area contributed by atoms with Gasteiger partial charge in [-0.15, -0.1) is 0 Å². The van der Waals surface area contributed by atoms with E-state index < -0.39 is 5.97 Å². The zero-order valence-electron chi connectivity index (χ0n) is 13.6. The summed E-state index contributed by atoms with van der Waals surface area (Å²) in [6.07, 6.45) is 5.80. The Morgan fingerprint density at radius 2 is 2.24 bits per heavy atom. The molecule has 0 bridgehead atoms. The molecule has 128 valence electrons. The summed E-state index contributed by atoms with van der Waals surface area (Å²) in [4.78, 5) is 23.4. The van der Waals surface area contributed by atoms with Crippen LogP contribution in [0.5, 0.6) is 0 Å². The number of nitrogens with one attached hydrogen (secondary N) is 3. The van der Waals surface area contributed by atoms with Crippen LogP contribution in [0.2, 0.25) is 0 Å². The molecule has 0 amide bonds. The Balaban J connectivity index is 1.67. The standard InChI is InChI=1S/C18H19N5O2/c24-18(25)11-3-4-15-13(8-11)14(10-21-15)17-20-7-5-16(23-17)22-12-2-1-6-19-9-12/h3-5,7-8,10,12,19,21H,1-2,6,9H2,(H,24,25)(H,20,22,23)/t12-/m1/s1. The highest BCUT2D eigenvalue weighted by atomic mass is 16.4. The number of carboxylic acid groups (broad SMARTS) is 1. The third kappa shape index (κ3) is 3.18. The number of fused-ring (bicyclic) bond motifs is 1. The van der Waals surface area contributed by atoms with Gasteiger partial charge in [-0.05, 0) is 43.7 Å². The number of aromatic amines is 1. The Hall–Kier alpha value is -2.93. The van der Waals surface area contributed by atoms with Crippen LogP contribution in [0, 0.1) is 0 Å². The normalized spacial score (nSPS) is 17.5. The van der Waals surface area contributed by atoms with Crippen LogP contribution >= 0.6 is 0 Å². The van der Waals surface area contributed by atoms with E-state index in [1.54, 1.807) is 24.4 Å². The zero-order valence-corrected chi connectivity index (χ0v) is 13.6. The number of piperidine rings is 1. The lowest BCUT2D eigenvalue weighted by Crippen LogP contribution is -2.38. The van der Waals surface area contributed by atoms with Crippen molar-refractivity contribution in [3.8, 4) is 11.4 Å². The average molecular weight is 337 g/mol. The molecule has 1 fully saturated rings. The maximum atomic E-state index is 11.2. The van der Waals surface area contributed by atoms with Crippen LogP contribution in [0.1, 0.15) is 23.2 Å². The summed E-state index contributed by atoms with van der Waals surface area (Å²) < 4.78 is 0. The fourth-order valence-corrected chi connectivity index (χ4v) is 3.19. The summed E-state index contributed by atoms with van der Waals surface area (Å²) in [6, 6.07) is 7.21. The monoisotopic (exact) mass is 337 g/mol. The van der Waals surface area contributed by atoms with Gasteiger partial charge in [0.1, 0.15) is 5.82 Å². The molecular weight excluding hydrogens is 318 g/mol. The quantitative estimate of drug-likeness (QED) is 0.583. The molecule has 1 aromatic carbocycles. The summed E-state index contributed by atoms with van der Waals surface area (Å²) >= 11 is 0. The summed E-state index contributed by atoms with van der Waals surface area (Å²) in [5.74, 6) is 0.403. The Kier molecular flexibility index (Phi) is 4.07. The second-order valence-corrected chi connectivity index (χ2v) is 6.22. The first-order valence-electron chi connectivity index (χ1n) is 8.36. The van der Waals surface area contributed by atoms with Crippen molar-refractivity contribution in [3.63, 3.8) is 0 Å². The Labute approximate surface area is 144 Å². The molecule has 25 heavy (non-hydrogen) atoms. The number of carboxylic acids is 1. The van der Waals surface area contributed by atoms with Crippen molar-refractivity contribution in [2.75, 3.05) is 18.4 Å². The minimum Gasteiger partial charge on any atom is -0.478 e. The average Bonchev–Trinajstić information content (AvgIpc) is 3.06. The van der Waals surface area contributed by atoms with Crippen molar-refractivity contribution >= 4 is 22.7 Å². The summed E-state index contributed by atoms with van der Waals surface area (Å²) in [5, 5.41) is 16.8. The summed E-state index contributed by atoms with van der Waals surface area (Å²) in [7, 11) is 0. The van der Waals surface area contributed by atoms with Crippen molar-refractivity contribution in [2.45, 2.75) is 18.9 Å². The van der Waals surface area contributed by atoms with Gasteiger partial charge in [-0.1, -0.05) is 0 Å². The van der Waals surface area contributed by atoms with E-state index in [0.29, 0.717) is 11.9 Å². The number of aromatic nitrogens is 3. The molecule has 1 aliphatic rings. The molecule has 0 saturated carbocycles. The van der Waals surface area contributed by atoms with Crippen LogP contribution < -0.4 is 10.6 Å². The Morgan fingerprint density at radius 3 is 3.04 bits per heavy atom. The van der Waals surface area contributed by atoms with E-state index in [1.807, 2.05) is 12.3 Å². The molecule has 3 heterocycles. The van der Waals surface area contributed by atoms with E-state index in [2.05, 4.69) is 25.6 Å². The fraction of sp³-hybridized carbons (Fsp3) is 0.278. The summed E-state index contributed by atoms with van der Waals surface area (Å²) in [5.41, 5.74) is 1.90. The Morgan fingerprint density at radius 1 is 1.32 bits per heavy atom. The SMILES string of the molecule is O=C(O)c1ccc2[nH]cc(-c3nccc(N[C@@H]4CCCNC4)n3)c2c1. The van der Waals surface area contributed by atoms with Crippen molar-refractivity contribution < 1.29 is 9.90 Å². The zero-order chi connectivity index (χ0) is 17.2. The maximum absolute atomic E-state index is 11.2. The first-order valence-corrected chi connectivity index (χ1v) is 8.36. The molecular formula is C18H19N5O2. The van der Waals surface area contributed by atoms with E-state index in [9.17, 15) is 9.90 Å². The predicted octanol–water partition coefficient (Wildman–Crippen LogP) is 2.49.